The number of nitrogens with zero attached hydrogens (tertiary/aromatic N) is 2. The maximum absolute atomic E-state index is 12.7. The van der Waals surface area contributed by atoms with E-state index in [1.807, 2.05) is 44.2 Å². The fourth-order valence-electron chi connectivity index (χ4n) is 2.91. The van der Waals surface area contributed by atoms with E-state index in [0.717, 1.165) is 16.8 Å². The maximum atomic E-state index is 12.7. The highest BCUT2D eigenvalue weighted by molar-refractivity contribution is 6.02. The van der Waals surface area contributed by atoms with Crippen molar-refractivity contribution in [3.63, 3.8) is 0 Å². The zero-order chi connectivity index (χ0) is 15.0. The molecule has 0 bridgehead atoms. The number of hydrogen-bond donors (Lipinski definition) is 2. The van der Waals surface area contributed by atoms with Crippen molar-refractivity contribution in [1.82, 2.24) is 15.8 Å². The molecule has 5 nitrogen and oxygen atoms in total. The first kappa shape index (κ1) is 16.3. The predicted octanol–water partition coefficient (Wildman–Crippen LogP) is 1.89. The van der Waals surface area contributed by atoms with Gasteiger partial charge in [0.1, 0.15) is 12.1 Å². The monoisotopic (exact) mass is 318 g/mol. The second-order valence-corrected chi connectivity index (χ2v) is 5.67. The Morgan fingerprint density at radius 1 is 1.32 bits per heavy atom. The molecule has 116 valence electrons. The molecule has 2 heterocycles. The summed E-state index contributed by atoms with van der Waals surface area (Å²) in [6.07, 6.45) is -0.305. The van der Waals surface area contributed by atoms with Gasteiger partial charge in [0, 0.05) is 12.1 Å². The van der Waals surface area contributed by atoms with E-state index in [9.17, 15) is 10.1 Å². The number of benzene rings is 1. The molecule has 2 unspecified atom stereocenters. The molecule has 2 N–H and O–H groups in total. The van der Waals surface area contributed by atoms with Crippen LogP contribution in [0.15, 0.2) is 35.9 Å². The van der Waals surface area contributed by atoms with Gasteiger partial charge in [-0.05, 0) is 11.5 Å². The highest BCUT2D eigenvalue weighted by Crippen LogP contribution is 2.31. The minimum absolute atomic E-state index is 0. The average molecular weight is 319 g/mol. The van der Waals surface area contributed by atoms with Crippen molar-refractivity contribution in [3.05, 3.63) is 41.5 Å². The van der Waals surface area contributed by atoms with E-state index in [2.05, 4.69) is 16.8 Å². The lowest BCUT2D eigenvalue weighted by Crippen LogP contribution is -2.55. The number of fused-ring (bicyclic) bond motifs is 1. The molecule has 1 amide bonds. The van der Waals surface area contributed by atoms with Crippen molar-refractivity contribution in [1.29, 1.82) is 5.26 Å². The molecule has 3 rings (SSSR count). The third-order valence-corrected chi connectivity index (χ3v) is 3.96. The van der Waals surface area contributed by atoms with E-state index in [-0.39, 0.29) is 36.3 Å². The van der Waals surface area contributed by atoms with Crippen LogP contribution in [0.1, 0.15) is 19.4 Å². The van der Waals surface area contributed by atoms with Gasteiger partial charge in [0.15, 0.2) is 0 Å². The lowest BCUT2D eigenvalue weighted by Gasteiger charge is -2.36. The molecular formula is C16H19ClN4O. The van der Waals surface area contributed by atoms with Gasteiger partial charge in [-0.25, -0.2) is 5.43 Å². The molecule has 1 aromatic rings. The van der Waals surface area contributed by atoms with Crippen LogP contribution >= 0.6 is 12.4 Å². The van der Waals surface area contributed by atoms with E-state index in [1.54, 1.807) is 5.01 Å². The summed E-state index contributed by atoms with van der Waals surface area (Å²) >= 11 is 0. The van der Waals surface area contributed by atoms with Crippen molar-refractivity contribution in [3.8, 4) is 6.07 Å². The number of hydrogen-bond acceptors (Lipinski definition) is 4. The summed E-state index contributed by atoms with van der Waals surface area (Å²) in [6, 6.07) is 12.1. The van der Waals surface area contributed by atoms with E-state index >= 15 is 0 Å². The minimum atomic E-state index is -0.305. The SMILES string of the molecule is CC(C)C1=C(c2ccccc2)NC2C(C#N)CNN2C1=O.Cl. The second-order valence-electron chi connectivity index (χ2n) is 5.67. The van der Waals surface area contributed by atoms with Gasteiger partial charge >= 0.3 is 0 Å². The standard InChI is InChI=1S/C16H18N4O.ClH/c1-10(2)13-14(11-6-4-3-5-7-11)19-15-12(8-17)9-18-20(15)16(13)21;/h3-7,10,12,15,18-19H,9H2,1-2H3;1H. The van der Waals surface area contributed by atoms with Crippen LogP contribution in [0.5, 0.6) is 0 Å². The molecule has 22 heavy (non-hydrogen) atoms. The Morgan fingerprint density at radius 2 is 2.00 bits per heavy atom. The van der Waals surface area contributed by atoms with Gasteiger partial charge in [-0.15, -0.1) is 12.4 Å². The number of nitrogens with one attached hydrogen (secondary N) is 2. The van der Waals surface area contributed by atoms with Crippen LogP contribution in [0, 0.1) is 23.2 Å². The number of carbonyl (C=O) groups excluding carboxylic acids is 1. The summed E-state index contributed by atoms with van der Waals surface area (Å²) in [5.74, 6) is -0.184. The third kappa shape index (κ3) is 2.56. The Labute approximate surface area is 136 Å². The Bertz CT molecular complexity index is 635. The van der Waals surface area contributed by atoms with Gasteiger partial charge in [-0.2, -0.15) is 5.26 Å². The Balaban J connectivity index is 0.00000176. The van der Waals surface area contributed by atoms with Crippen molar-refractivity contribution < 1.29 is 4.79 Å². The van der Waals surface area contributed by atoms with Gasteiger partial charge in [0.2, 0.25) is 0 Å². The highest BCUT2D eigenvalue weighted by atomic mass is 35.5. The van der Waals surface area contributed by atoms with Crippen molar-refractivity contribution in [2.45, 2.75) is 20.0 Å². The van der Waals surface area contributed by atoms with Crippen LogP contribution in [0.3, 0.4) is 0 Å². The molecule has 6 heteroatoms. The van der Waals surface area contributed by atoms with Gasteiger partial charge in [0.25, 0.3) is 5.91 Å². The number of nitriles is 1. The molecule has 0 saturated carbocycles. The fourth-order valence-corrected chi connectivity index (χ4v) is 2.91. The normalized spacial score (nSPS) is 23.7. The van der Waals surface area contributed by atoms with Gasteiger partial charge in [-0.3, -0.25) is 9.80 Å². The summed E-state index contributed by atoms with van der Waals surface area (Å²) in [6.45, 7) is 4.51. The molecule has 2 aliphatic rings. The zero-order valence-corrected chi connectivity index (χ0v) is 13.4. The summed E-state index contributed by atoms with van der Waals surface area (Å²) in [5.41, 5.74) is 5.62. The third-order valence-electron chi connectivity index (χ3n) is 3.96. The minimum Gasteiger partial charge on any atom is -0.362 e. The van der Waals surface area contributed by atoms with Crippen LogP contribution < -0.4 is 10.7 Å². The molecule has 0 spiro atoms. The second kappa shape index (κ2) is 6.39. The van der Waals surface area contributed by atoms with Crippen LogP contribution in [0.4, 0.5) is 0 Å². The number of hydrazine groups is 1. The molecule has 1 saturated heterocycles. The molecule has 2 atom stereocenters. The molecule has 1 fully saturated rings. The quantitative estimate of drug-likeness (QED) is 0.874. The Hall–Kier alpha value is -2.03. The first-order valence-electron chi connectivity index (χ1n) is 7.16. The fraction of sp³-hybridized carbons (Fsp3) is 0.375. The van der Waals surface area contributed by atoms with Gasteiger partial charge in [-0.1, -0.05) is 44.2 Å². The first-order valence-corrected chi connectivity index (χ1v) is 7.16. The summed E-state index contributed by atoms with van der Waals surface area (Å²) in [4.78, 5) is 12.7. The molecule has 0 aromatic heterocycles. The maximum Gasteiger partial charge on any atom is 0.268 e. The van der Waals surface area contributed by atoms with Crippen LogP contribution in [0.2, 0.25) is 0 Å². The Morgan fingerprint density at radius 3 is 2.59 bits per heavy atom. The smallest absolute Gasteiger partial charge is 0.268 e. The predicted molar refractivity (Wildman–Crippen MR) is 86.3 cm³/mol. The van der Waals surface area contributed by atoms with Crippen molar-refractivity contribution in [2.75, 3.05) is 6.54 Å². The number of carbonyl (C=O) groups is 1. The van der Waals surface area contributed by atoms with E-state index in [4.69, 9.17) is 0 Å². The molecule has 0 aliphatic carbocycles. The lowest BCUT2D eigenvalue weighted by atomic mass is 9.93. The number of halogens is 1. The highest BCUT2D eigenvalue weighted by Gasteiger charge is 2.43. The number of rotatable bonds is 2. The van der Waals surface area contributed by atoms with E-state index in [0.29, 0.717) is 6.54 Å². The molecule has 0 radical (unpaired) electrons. The van der Waals surface area contributed by atoms with E-state index in [1.165, 1.54) is 0 Å². The first-order chi connectivity index (χ1) is 10.1. The molecular weight excluding hydrogens is 300 g/mol. The van der Waals surface area contributed by atoms with Crippen LogP contribution in [-0.2, 0) is 4.79 Å². The van der Waals surface area contributed by atoms with E-state index < -0.39 is 0 Å². The summed E-state index contributed by atoms with van der Waals surface area (Å²) in [7, 11) is 0. The zero-order valence-electron chi connectivity index (χ0n) is 12.5. The summed E-state index contributed by atoms with van der Waals surface area (Å²) < 4.78 is 0. The Kier molecular flexibility index (Phi) is 4.74. The van der Waals surface area contributed by atoms with Gasteiger partial charge in [0.05, 0.1) is 11.8 Å². The average Bonchev–Trinajstić information content (AvgIpc) is 2.91. The van der Waals surface area contributed by atoms with Crippen LogP contribution in [-0.4, -0.2) is 23.6 Å². The van der Waals surface area contributed by atoms with Crippen molar-refractivity contribution in [2.24, 2.45) is 11.8 Å². The molecule has 2 aliphatic heterocycles. The lowest BCUT2D eigenvalue weighted by molar-refractivity contribution is -0.132. The molecule has 1 aromatic carbocycles. The van der Waals surface area contributed by atoms with Crippen molar-refractivity contribution >= 4 is 24.0 Å². The summed E-state index contributed by atoms with van der Waals surface area (Å²) in [5, 5.41) is 14.2. The topological polar surface area (TPSA) is 68.2 Å². The number of amides is 1. The van der Waals surface area contributed by atoms with Crippen LogP contribution in [0.25, 0.3) is 5.70 Å². The largest absolute Gasteiger partial charge is 0.362 e. The van der Waals surface area contributed by atoms with Gasteiger partial charge < -0.3 is 5.32 Å².